The van der Waals surface area contributed by atoms with Crippen LogP contribution < -0.4 is 10.2 Å². The Labute approximate surface area is 107 Å². The summed E-state index contributed by atoms with van der Waals surface area (Å²) in [5, 5.41) is 3.82. The summed E-state index contributed by atoms with van der Waals surface area (Å²) in [6.45, 7) is 4.94. The van der Waals surface area contributed by atoms with E-state index in [-0.39, 0.29) is 12.5 Å². The Bertz CT molecular complexity index is 388. The van der Waals surface area contributed by atoms with E-state index in [0.29, 0.717) is 13.2 Å². The highest BCUT2D eigenvalue weighted by Crippen LogP contribution is 2.10. The van der Waals surface area contributed by atoms with Gasteiger partial charge in [-0.3, -0.25) is 4.79 Å². The first-order valence-corrected chi connectivity index (χ1v) is 5.88. The quantitative estimate of drug-likeness (QED) is 0.590. The summed E-state index contributed by atoms with van der Waals surface area (Å²) >= 11 is 0. The lowest BCUT2D eigenvalue weighted by molar-refractivity contribution is -0.125. The third-order valence-electron chi connectivity index (χ3n) is 2.03. The molecule has 0 radical (unpaired) electrons. The van der Waals surface area contributed by atoms with Crippen molar-refractivity contribution in [1.82, 2.24) is 5.43 Å². The molecule has 5 nitrogen and oxygen atoms in total. The average molecular weight is 250 g/mol. The zero-order chi connectivity index (χ0) is 13.2. The second-order valence-corrected chi connectivity index (χ2v) is 3.43. The van der Waals surface area contributed by atoms with Gasteiger partial charge >= 0.3 is 0 Å². The molecule has 0 atom stereocenters. The number of nitrogens with one attached hydrogen (secondary N) is 1. The van der Waals surface area contributed by atoms with Gasteiger partial charge in [-0.1, -0.05) is 0 Å². The van der Waals surface area contributed by atoms with Crippen LogP contribution in [0.5, 0.6) is 5.75 Å². The van der Waals surface area contributed by atoms with Gasteiger partial charge in [-0.25, -0.2) is 5.43 Å². The molecule has 98 valence electrons. The molecular weight excluding hydrogens is 232 g/mol. The van der Waals surface area contributed by atoms with Gasteiger partial charge in [0.1, 0.15) is 12.4 Å². The molecule has 1 aromatic carbocycles. The fourth-order valence-electron chi connectivity index (χ4n) is 1.22. The largest absolute Gasteiger partial charge is 0.494 e. The van der Waals surface area contributed by atoms with Crippen LogP contribution in [0.2, 0.25) is 0 Å². The summed E-state index contributed by atoms with van der Waals surface area (Å²) in [6, 6.07) is 7.44. The molecule has 0 aliphatic heterocycles. The van der Waals surface area contributed by atoms with E-state index in [4.69, 9.17) is 9.47 Å². The number of amides is 1. The van der Waals surface area contributed by atoms with Gasteiger partial charge in [-0.15, -0.1) is 0 Å². The lowest BCUT2D eigenvalue weighted by Crippen LogP contribution is -2.22. The molecule has 0 fully saturated rings. The topological polar surface area (TPSA) is 59.9 Å². The van der Waals surface area contributed by atoms with Gasteiger partial charge in [0.15, 0.2) is 0 Å². The van der Waals surface area contributed by atoms with Gasteiger partial charge in [0.05, 0.1) is 12.8 Å². The summed E-state index contributed by atoms with van der Waals surface area (Å²) < 4.78 is 10.3. The normalized spacial score (nSPS) is 10.6. The molecule has 0 aliphatic rings. The van der Waals surface area contributed by atoms with Crippen molar-refractivity contribution in [2.75, 3.05) is 19.8 Å². The molecule has 1 N–H and O–H groups in total. The van der Waals surface area contributed by atoms with Gasteiger partial charge < -0.3 is 9.47 Å². The Kier molecular flexibility index (Phi) is 6.50. The summed E-state index contributed by atoms with van der Waals surface area (Å²) in [7, 11) is 0. The van der Waals surface area contributed by atoms with Crippen LogP contribution in [0, 0.1) is 0 Å². The third-order valence-corrected chi connectivity index (χ3v) is 2.03. The second-order valence-electron chi connectivity index (χ2n) is 3.43. The third kappa shape index (κ3) is 5.45. The van der Waals surface area contributed by atoms with Gasteiger partial charge in [0.2, 0.25) is 0 Å². The van der Waals surface area contributed by atoms with Crippen molar-refractivity contribution >= 4 is 12.1 Å². The van der Waals surface area contributed by atoms with Crippen LogP contribution in [0.4, 0.5) is 0 Å². The zero-order valence-corrected chi connectivity index (χ0v) is 10.7. The van der Waals surface area contributed by atoms with Crippen molar-refractivity contribution in [3.63, 3.8) is 0 Å². The monoisotopic (exact) mass is 250 g/mol. The minimum Gasteiger partial charge on any atom is -0.494 e. The van der Waals surface area contributed by atoms with Crippen molar-refractivity contribution in [2.45, 2.75) is 13.8 Å². The van der Waals surface area contributed by atoms with Crippen LogP contribution in [0.15, 0.2) is 29.4 Å². The molecular formula is C13H18N2O3. The van der Waals surface area contributed by atoms with Crippen LogP contribution in [-0.4, -0.2) is 31.9 Å². The number of hydrogen-bond donors (Lipinski definition) is 1. The number of carbonyl (C=O) groups is 1. The fraction of sp³-hybridized carbons (Fsp3) is 0.385. The number of ether oxygens (including phenoxy) is 2. The summed E-state index contributed by atoms with van der Waals surface area (Å²) in [6.07, 6.45) is 1.57. The first kappa shape index (κ1) is 14.2. The maximum atomic E-state index is 11.2. The standard InChI is InChI=1S/C13H18N2O3/c1-3-17-10-13(16)15-14-9-11-5-7-12(8-6-11)18-4-2/h5-9H,3-4,10H2,1-2H3,(H,15,16)/b14-9+. The predicted octanol–water partition coefficient (Wildman–Crippen LogP) is 1.57. The first-order valence-electron chi connectivity index (χ1n) is 5.88. The average Bonchev–Trinajstić information content (AvgIpc) is 2.39. The molecule has 0 spiro atoms. The lowest BCUT2D eigenvalue weighted by Gasteiger charge is -2.02. The van der Waals surface area contributed by atoms with Crippen LogP contribution >= 0.6 is 0 Å². The van der Waals surface area contributed by atoms with Crippen LogP contribution in [0.25, 0.3) is 0 Å². The molecule has 0 bridgehead atoms. The molecule has 1 aromatic rings. The summed E-state index contributed by atoms with van der Waals surface area (Å²) in [5.41, 5.74) is 3.26. The molecule has 1 amide bonds. The fourth-order valence-corrected chi connectivity index (χ4v) is 1.22. The molecule has 1 rings (SSSR count). The van der Waals surface area contributed by atoms with Crippen LogP contribution in [0.1, 0.15) is 19.4 Å². The van der Waals surface area contributed by atoms with Crippen LogP contribution in [0.3, 0.4) is 0 Å². The van der Waals surface area contributed by atoms with Crippen molar-refractivity contribution in [3.05, 3.63) is 29.8 Å². The van der Waals surface area contributed by atoms with Crippen molar-refractivity contribution in [3.8, 4) is 5.75 Å². The van der Waals surface area contributed by atoms with E-state index in [0.717, 1.165) is 11.3 Å². The molecule has 18 heavy (non-hydrogen) atoms. The number of hydrogen-bond acceptors (Lipinski definition) is 4. The van der Waals surface area contributed by atoms with Crippen LogP contribution in [-0.2, 0) is 9.53 Å². The van der Waals surface area contributed by atoms with E-state index in [1.54, 1.807) is 6.21 Å². The van der Waals surface area contributed by atoms with E-state index < -0.39 is 0 Å². The number of hydrazone groups is 1. The van der Waals surface area contributed by atoms with Crippen molar-refractivity contribution < 1.29 is 14.3 Å². The Morgan fingerprint density at radius 2 is 2.00 bits per heavy atom. The summed E-state index contributed by atoms with van der Waals surface area (Å²) in [4.78, 5) is 11.2. The van der Waals surface area contributed by atoms with E-state index in [2.05, 4.69) is 10.5 Å². The molecule has 0 heterocycles. The molecule has 0 aliphatic carbocycles. The Morgan fingerprint density at radius 1 is 1.28 bits per heavy atom. The Hall–Kier alpha value is -1.88. The smallest absolute Gasteiger partial charge is 0.266 e. The lowest BCUT2D eigenvalue weighted by atomic mass is 10.2. The number of carbonyl (C=O) groups excluding carboxylic acids is 1. The van der Waals surface area contributed by atoms with Gasteiger partial charge in [-0.2, -0.15) is 5.10 Å². The molecule has 0 saturated heterocycles. The predicted molar refractivity (Wildman–Crippen MR) is 69.8 cm³/mol. The Balaban J connectivity index is 2.39. The molecule has 5 heteroatoms. The summed E-state index contributed by atoms with van der Waals surface area (Å²) in [5.74, 6) is 0.550. The van der Waals surface area contributed by atoms with E-state index in [9.17, 15) is 4.79 Å². The van der Waals surface area contributed by atoms with Gasteiger partial charge in [-0.05, 0) is 43.7 Å². The molecule has 0 unspecified atom stereocenters. The minimum absolute atomic E-state index is 0.0249. The number of rotatable bonds is 7. The molecule has 0 saturated carbocycles. The van der Waals surface area contributed by atoms with Crippen molar-refractivity contribution in [2.24, 2.45) is 5.10 Å². The molecule has 0 aromatic heterocycles. The number of nitrogens with zero attached hydrogens (tertiary/aromatic N) is 1. The van der Waals surface area contributed by atoms with Gasteiger partial charge in [0, 0.05) is 6.61 Å². The first-order chi connectivity index (χ1) is 8.76. The maximum Gasteiger partial charge on any atom is 0.266 e. The SMILES string of the molecule is CCOCC(=O)N/N=C/c1ccc(OCC)cc1. The highest BCUT2D eigenvalue weighted by Gasteiger charge is 1.97. The highest BCUT2D eigenvalue weighted by atomic mass is 16.5. The maximum absolute atomic E-state index is 11.2. The van der Waals surface area contributed by atoms with Gasteiger partial charge in [0.25, 0.3) is 5.91 Å². The second kappa shape index (κ2) is 8.25. The minimum atomic E-state index is -0.265. The van der Waals surface area contributed by atoms with E-state index >= 15 is 0 Å². The Morgan fingerprint density at radius 3 is 2.61 bits per heavy atom. The van der Waals surface area contributed by atoms with E-state index in [1.165, 1.54) is 0 Å². The van der Waals surface area contributed by atoms with E-state index in [1.807, 2.05) is 38.1 Å². The number of benzene rings is 1. The zero-order valence-electron chi connectivity index (χ0n) is 10.7. The van der Waals surface area contributed by atoms with Crippen molar-refractivity contribution in [1.29, 1.82) is 0 Å². The highest BCUT2D eigenvalue weighted by molar-refractivity contribution is 5.82.